The van der Waals surface area contributed by atoms with Crippen molar-refractivity contribution in [2.75, 3.05) is 17.1 Å². The number of amides is 1. The van der Waals surface area contributed by atoms with Crippen LogP contribution in [0.5, 0.6) is 5.75 Å². The van der Waals surface area contributed by atoms with Gasteiger partial charge in [0, 0.05) is 16.9 Å². The monoisotopic (exact) mass is 396 g/mol. The van der Waals surface area contributed by atoms with Crippen molar-refractivity contribution in [1.29, 1.82) is 0 Å². The van der Waals surface area contributed by atoms with Gasteiger partial charge in [0.2, 0.25) is 0 Å². The maximum atomic E-state index is 12.5. The molecule has 0 heterocycles. The highest BCUT2D eigenvalue weighted by atomic mass is 32.2. The van der Waals surface area contributed by atoms with E-state index in [0.29, 0.717) is 22.7 Å². The van der Waals surface area contributed by atoms with E-state index < -0.39 is 10.0 Å². The number of anilines is 2. The van der Waals surface area contributed by atoms with Gasteiger partial charge in [0.1, 0.15) is 5.75 Å². The highest BCUT2D eigenvalue weighted by molar-refractivity contribution is 7.92. The zero-order valence-electron chi connectivity index (χ0n) is 15.5. The topological polar surface area (TPSA) is 84.5 Å². The molecule has 0 aliphatic heterocycles. The minimum absolute atomic E-state index is 0.130. The molecule has 0 fully saturated rings. The number of rotatable bonds is 6. The van der Waals surface area contributed by atoms with Crippen LogP contribution in [-0.2, 0) is 10.0 Å². The van der Waals surface area contributed by atoms with E-state index in [1.54, 1.807) is 48.5 Å². The van der Waals surface area contributed by atoms with Crippen LogP contribution in [0.25, 0.3) is 0 Å². The Balaban J connectivity index is 1.68. The van der Waals surface area contributed by atoms with Crippen LogP contribution >= 0.6 is 0 Å². The molecule has 7 heteroatoms. The molecule has 144 valence electrons. The Labute approximate surface area is 164 Å². The quantitative estimate of drug-likeness (QED) is 0.658. The zero-order valence-corrected chi connectivity index (χ0v) is 16.3. The number of hydrogen-bond donors (Lipinski definition) is 2. The largest absolute Gasteiger partial charge is 0.497 e. The minimum Gasteiger partial charge on any atom is -0.497 e. The Bertz CT molecular complexity index is 1060. The van der Waals surface area contributed by atoms with Crippen LogP contribution in [0.1, 0.15) is 15.9 Å². The van der Waals surface area contributed by atoms with Crippen molar-refractivity contribution < 1.29 is 17.9 Å². The minimum atomic E-state index is -3.71. The SMILES string of the molecule is COc1ccc(S(=O)(=O)Nc2ccc(NC(=O)c3ccc(C)cc3)cc2)cc1. The number of carbonyl (C=O) groups is 1. The molecule has 6 nitrogen and oxygen atoms in total. The van der Waals surface area contributed by atoms with Crippen LogP contribution in [-0.4, -0.2) is 21.4 Å². The first kappa shape index (κ1) is 19.4. The van der Waals surface area contributed by atoms with Gasteiger partial charge in [-0.2, -0.15) is 0 Å². The lowest BCUT2D eigenvalue weighted by atomic mass is 10.1. The maximum Gasteiger partial charge on any atom is 0.261 e. The van der Waals surface area contributed by atoms with E-state index in [1.807, 2.05) is 19.1 Å². The van der Waals surface area contributed by atoms with Gasteiger partial charge in [-0.25, -0.2) is 8.42 Å². The second-order valence-electron chi connectivity index (χ2n) is 6.18. The molecule has 3 rings (SSSR count). The second kappa shape index (κ2) is 8.14. The Kier molecular flexibility index (Phi) is 5.65. The number of aryl methyl sites for hydroxylation is 1. The van der Waals surface area contributed by atoms with E-state index in [2.05, 4.69) is 10.0 Å². The highest BCUT2D eigenvalue weighted by Gasteiger charge is 2.14. The summed E-state index contributed by atoms with van der Waals surface area (Å²) in [5.41, 5.74) is 2.59. The number of sulfonamides is 1. The van der Waals surface area contributed by atoms with Crippen LogP contribution in [0.4, 0.5) is 11.4 Å². The number of methoxy groups -OCH3 is 1. The van der Waals surface area contributed by atoms with Crippen molar-refractivity contribution >= 4 is 27.3 Å². The van der Waals surface area contributed by atoms with Crippen LogP contribution in [0.3, 0.4) is 0 Å². The molecule has 3 aromatic rings. The van der Waals surface area contributed by atoms with Gasteiger partial charge in [-0.1, -0.05) is 17.7 Å². The summed E-state index contributed by atoms with van der Waals surface area (Å²) in [6, 6.07) is 19.8. The lowest BCUT2D eigenvalue weighted by Gasteiger charge is -2.10. The fourth-order valence-corrected chi connectivity index (χ4v) is 3.56. The Morgan fingerprint density at radius 2 is 1.39 bits per heavy atom. The fraction of sp³-hybridized carbons (Fsp3) is 0.0952. The third kappa shape index (κ3) is 4.69. The molecule has 3 aromatic carbocycles. The molecule has 0 aliphatic carbocycles. The molecule has 2 N–H and O–H groups in total. The van der Waals surface area contributed by atoms with Gasteiger partial charge >= 0.3 is 0 Å². The highest BCUT2D eigenvalue weighted by Crippen LogP contribution is 2.21. The number of hydrogen-bond acceptors (Lipinski definition) is 4. The summed E-state index contributed by atoms with van der Waals surface area (Å²) in [7, 11) is -2.20. The fourth-order valence-electron chi connectivity index (χ4n) is 2.50. The molecule has 0 unspecified atom stereocenters. The first-order valence-electron chi connectivity index (χ1n) is 8.52. The first-order valence-corrected chi connectivity index (χ1v) is 10.0. The van der Waals surface area contributed by atoms with Gasteiger partial charge in [0.05, 0.1) is 12.0 Å². The summed E-state index contributed by atoms with van der Waals surface area (Å²) in [6.45, 7) is 1.95. The molecule has 1 amide bonds. The maximum absolute atomic E-state index is 12.5. The standard InChI is InChI=1S/C21H20N2O4S/c1-15-3-5-16(6-4-15)21(24)22-17-7-9-18(10-8-17)23-28(25,26)20-13-11-19(27-2)12-14-20/h3-14,23H,1-2H3,(H,22,24). The normalized spacial score (nSPS) is 10.9. The van der Waals surface area contributed by atoms with Crippen LogP contribution in [0, 0.1) is 6.92 Å². The lowest BCUT2D eigenvalue weighted by molar-refractivity contribution is 0.102. The molecule has 0 atom stereocenters. The molecule has 0 bridgehead atoms. The van der Waals surface area contributed by atoms with Gasteiger partial charge in [-0.3, -0.25) is 9.52 Å². The van der Waals surface area contributed by atoms with Crippen molar-refractivity contribution in [2.45, 2.75) is 11.8 Å². The molecule has 0 radical (unpaired) electrons. The summed E-state index contributed by atoms with van der Waals surface area (Å²) in [6.07, 6.45) is 0. The first-order chi connectivity index (χ1) is 13.4. The second-order valence-corrected chi connectivity index (χ2v) is 7.86. The van der Waals surface area contributed by atoms with E-state index in [4.69, 9.17) is 4.74 Å². The summed E-state index contributed by atoms with van der Waals surface area (Å²) < 4.78 is 32.5. The van der Waals surface area contributed by atoms with Crippen molar-refractivity contribution in [3.05, 3.63) is 83.9 Å². The molecule has 0 aliphatic rings. The van der Waals surface area contributed by atoms with Crippen molar-refractivity contribution in [1.82, 2.24) is 0 Å². The predicted octanol–water partition coefficient (Wildman–Crippen LogP) is 4.06. The molecule has 0 aromatic heterocycles. The smallest absolute Gasteiger partial charge is 0.261 e. The Morgan fingerprint density at radius 3 is 1.96 bits per heavy atom. The van der Waals surface area contributed by atoms with Crippen molar-refractivity contribution in [3.63, 3.8) is 0 Å². The van der Waals surface area contributed by atoms with Crippen molar-refractivity contribution in [2.24, 2.45) is 0 Å². The van der Waals surface area contributed by atoms with Crippen molar-refractivity contribution in [3.8, 4) is 5.75 Å². The van der Waals surface area contributed by atoms with Crippen LogP contribution in [0.15, 0.2) is 77.7 Å². The number of ether oxygens (including phenoxy) is 1. The molecule has 28 heavy (non-hydrogen) atoms. The van der Waals surface area contributed by atoms with E-state index in [1.165, 1.54) is 19.2 Å². The summed E-state index contributed by atoms with van der Waals surface area (Å²) in [4.78, 5) is 12.4. The average Bonchev–Trinajstić information content (AvgIpc) is 2.70. The number of benzene rings is 3. The summed E-state index contributed by atoms with van der Waals surface area (Å²) in [5, 5.41) is 2.78. The molecule has 0 saturated heterocycles. The Hall–Kier alpha value is -3.32. The third-order valence-electron chi connectivity index (χ3n) is 4.08. The van der Waals surface area contributed by atoms with Gasteiger partial charge in [0.25, 0.3) is 15.9 Å². The van der Waals surface area contributed by atoms with E-state index in [0.717, 1.165) is 5.56 Å². The zero-order chi connectivity index (χ0) is 20.1. The van der Waals surface area contributed by atoms with Crippen LogP contribution in [0.2, 0.25) is 0 Å². The Morgan fingerprint density at radius 1 is 0.821 bits per heavy atom. The molecular weight excluding hydrogens is 376 g/mol. The number of carbonyl (C=O) groups excluding carboxylic acids is 1. The summed E-state index contributed by atoms with van der Waals surface area (Å²) in [5.74, 6) is 0.346. The number of nitrogens with one attached hydrogen (secondary N) is 2. The van der Waals surface area contributed by atoms with E-state index in [-0.39, 0.29) is 10.8 Å². The molecular formula is C21H20N2O4S. The third-order valence-corrected chi connectivity index (χ3v) is 5.48. The summed E-state index contributed by atoms with van der Waals surface area (Å²) >= 11 is 0. The van der Waals surface area contributed by atoms with Gasteiger partial charge in [0.15, 0.2) is 0 Å². The van der Waals surface area contributed by atoms with E-state index >= 15 is 0 Å². The molecule has 0 saturated carbocycles. The molecule has 0 spiro atoms. The van der Waals surface area contributed by atoms with Gasteiger partial charge in [-0.15, -0.1) is 0 Å². The van der Waals surface area contributed by atoms with Crippen LogP contribution < -0.4 is 14.8 Å². The van der Waals surface area contributed by atoms with Gasteiger partial charge in [-0.05, 0) is 67.6 Å². The van der Waals surface area contributed by atoms with Gasteiger partial charge < -0.3 is 10.1 Å². The lowest BCUT2D eigenvalue weighted by Crippen LogP contribution is -2.13. The van der Waals surface area contributed by atoms with E-state index in [9.17, 15) is 13.2 Å². The average molecular weight is 396 g/mol. The predicted molar refractivity (Wildman–Crippen MR) is 109 cm³/mol.